The van der Waals surface area contributed by atoms with E-state index in [2.05, 4.69) is 30.4 Å². The Kier molecular flexibility index (Phi) is 6.76. The van der Waals surface area contributed by atoms with Crippen LogP contribution in [0.4, 0.5) is 10.5 Å². The molecule has 0 aromatic heterocycles. The van der Waals surface area contributed by atoms with Crippen molar-refractivity contribution in [2.75, 3.05) is 18.0 Å². The maximum Gasteiger partial charge on any atom is 0.324 e. The molecule has 3 aromatic carbocycles. The molecule has 3 aromatic rings. The van der Waals surface area contributed by atoms with Gasteiger partial charge in [0.05, 0.1) is 0 Å². The Morgan fingerprint density at radius 1 is 0.969 bits per heavy atom. The second-order valence-electron chi connectivity index (χ2n) is 8.05. The summed E-state index contributed by atoms with van der Waals surface area (Å²) in [5, 5.41) is 3.58. The number of carbonyl (C=O) groups excluding carboxylic acids is 2. The molecule has 32 heavy (non-hydrogen) atoms. The number of amides is 3. The van der Waals surface area contributed by atoms with E-state index in [9.17, 15) is 9.59 Å². The van der Waals surface area contributed by atoms with Crippen molar-refractivity contribution < 1.29 is 9.59 Å². The van der Waals surface area contributed by atoms with Crippen LogP contribution in [0.2, 0.25) is 5.02 Å². The standard InChI is InChI=1S/C26H26ClN3O2/c1-19-4-2-5-21(16-19)18-29-14-3-15-30(26(29)32)24-12-8-22(9-13-24)25(31)28-17-20-6-10-23(27)11-7-20/h2,4-13,16H,3,14-15,17-18H2,1H3,(H,28,31). The van der Waals surface area contributed by atoms with Crippen LogP contribution in [-0.2, 0) is 13.1 Å². The molecule has 0 aliphatic carbocycles. The summed E-state index contributed by atoms with van der Waals surface area (Å²) in [7, 11) is 0. The van der Waals surface area contributed by atoms with Crippen LogP contribution in [-0.4, -0.2) is 29.9 Å². The molecule has 6 heteroatoms. The Labute approximate surface area is 193 Å². The molecule has 1 saturated heterocycles. The molecular weight excluding hydrogens is 422 g/mol. The Morgan fingerprint density at radius 3 is 2.44 bits per heavy atom. The molecule has 3 amide bonds. The van der Waals surface area contributed by atoms with Gasteiger partial charge >= 0.3 is 6.03 Å². The average molecular weight is 448 g/mol. The Hall–Kier alpha value is -3.31. The molecule has 164 valence electrons. The molecule has 0 atom stereocenters. The van der Waals surface area contributed by atoms with Crippen LogP contribution in [0.15, 0.2) is 72.8 Å². The fourth-order valence-corrected chi connectivity index (χ4v) is 4.00. The summed E-state index contributed by atoms with van der Waals surface area (Å²) < 4.78 is 0. The van der Waals surface area contributed by atoms with Gasteiger partial charge in [0.2, 0.25) is 0 Å². The predicted molar refractivity (Wildman–Crippen MR) is 128 cm³/mol. The highest BCUT2D eigenvalue weighted by molar-refractivity contribution is 6.30. The Morgan fingerprint density at radius 2 is 1.72 bits per heavy atom. The first kappa shape index (κ1) is 21.9. The van der Waals surface area contributed by atoms with Crippen LogP contribution in [0.25, 0.3) is 0 Å². The van der Waals surface area contributed by atoms with Gasteiger partial charge in [-0.1, -0.05) is 53.6 Å². The SMILES string of the molecule is Cc1cccc(CN2CCCN(c3ccc(C(=O)NCc4ccc(Cl)cc4)cc3)C2=O)c1. The summed E-state index contributed by atoms with van der Waals surface area (Å²) in [6.45, 7) is 4.50. The molecular formula is C26H26ClN3O2. The van der Waals surface area contributed by atoms with Gasteiger partial charge in [0.25, 0.3) is 5.91 Å². The smallest absolute Gasteiger partial charge is 0.324 e. The zero-order valence-corrected chi connectivity index (χ0v) is 18.8. The maximum atomic E-state index is 13.1. The van der Waals surface area contributed by atoms with Gasteiger partial charge in [-0.05, 0) is 60.9 Å². The lowest BCUT2D eigenvalue weighted by molar-refractivity contribution is 0.0951. The zero-order chi connectivity index (χ0) is 22.5. The molecule has 1 fully saturated rings. The molecule has 1 aliphatic rings. The second kappa shape index (κ2) is 9.88. The van der Waals surface area contributed by atoms with Crippen LogP contribution in [0, 0.1) is 6.92 Å². The average Bonchev–Trinajstić information content (AvgIpc) is 2.80. The normalized spacial score (nSPS) is 13.9. The van der Waals surface area contributed by atoms with Crippen molar-refractivity contribution in [3.8, 4) is 0 Å². The first-order valence-corrected chi connectivity index (χ1v) is 11.1. The number of hydrogen-bond donors (Lipinski definition) is 1. The minimum absolute atomic E-state index is 0.00213. The summed E-state index contributed by atoms with van der Waals surface area (Å²) >= 11 is 5.90. The molecule has 1 heterocycles. The van der Waals surface area contributed by atoms with Crippen molar-refractivity contribution >= 4 is 29.2 Å². The molecule has 0 unspecified atom stereocenters. The number of aryl methyl sites for hydroxylation is 1. The molecule has 4 rings (SSSR count). The number of benzene rings is 3. The summed E-state index contributed by atoms with van der Waals surface area (Å²) in [4.78, 5) is 29.2. The van der Waals surface area contributed by atoms with Crippen LogP contribution in [0.1, 0.15) is 33.5 Å². The van der Waals surface area contributed by atoms with E-state index in [4.69, 9.17) is 11.6 Å². The summed E-state index contributed by atoms with van der Waals surface area (Å²) in [5.41, 5.74) is 4.66. The van der Waals surface area contributed by atoms with E-state index >= 15 is 0 Å². The minimum Gasteiger partial charge on any atom is -0.348 e. The van der Waals surface area contributed by atoms with Crippen molar-refractivity contribution in [1.82, 2.24) is 10.2 Å². The Balaban J connectivity index is 1.38. The summed E-state index contributed by atoms with van der Waals surface area (Å²) in [6.07, 6.45) is 0.904. The van der Waals surface area contributed by atoms with Crippen molar-refractivity contribution in [2.45, 2.75) is 26.4 Å². The fourth-order valence-electron chi connectivity index (χ4n) is 3.88. The monoisotopic (exact) mass is 447 g/mol. The molecule has 1 N–H and O–H groups in total. The first-order valence-electron chi connectivity index (χ1n) is 10.7. The van der Waals surface area contributed by atoms with Crippen LogP contribution in [0.3, 0.4) is 0 Å². The summed E-state index contributed by atoms with van der Waals surface area (Å²) in [6, 6.07) is 22.8. The first-order chi connectivity index (χ1) is 15.5. The van der Waals surface area contributed by atoms with E-state index in [1.165, 1.54) is 5.56 Å². The van der Waals surface area contributed by atoms with Crippen molar-refractivity contribution in [3.63, 3.8) is 0 Å². The maximum absolute atomic E-state index is 13.1. The number of rotatable bonds is 6. The second-order valence-corrected chi connectivity index (χ2v) is 8.49. The third kappa shape index (κ3) is 5.29. The molecule has 0 saturated carbocycles. The number of nitrogens with one attached hydrogen (secondary N) is 1. The van der Waals surface area contributed by atoms with Crippen molar-refractivity contribution in [1.29, 1.82) is 0 Å². The minimum atomic E-state index is -0.155. The quantitative estimate of drug-likeness (QED) is 0.549. The highest BCUT2D eigenvalue weighted by atomic mass is 35.5. The van der Waals surface area contributed by atoms with E-state index in [0.717, 1.165) is 29.8 Å². The highest BCUT2D eigenvalue weighted by Crippen LogP contribution is 2.22. The topological polar surface area (TPSA) is 52.6 Å². The van der Waals surface area contributed by atoms with Gasteiger partial charge in [-0.25, -0.2) is 4.79 Å². The summed E-state index contributed by atoms with van der Waals surface area (Å²) in [5.74, 6) is -0.155. The van der Waals surface area contributed by atoms with Crippen molar-refractivity contribution in [3.05, 3.63) is 100 Å². The van der Waals surface area contributed by atoms with Crippen molar-refractivity contribution in [2.24, 2.45) is 0 Å². The molecule has 0 radical (unpaired) electrons. The molecule has 0 bridgehead atoms. The van der Waals surface area contributed by atoms with Gasteiger partial charge < -0.3 is 10.2 Å². The number of urea groups is 1. The number of hydrogen-bond acceptors (Lipinski definition) is 2. The van der Waals surface area contributed by atoms with Crippen LogP contribution >= 0.6 is 11.6 Å². The molecule has 0 spiro atoms. The van der Waals surface area contributed by atoms with E-state index < -0.39 is 0 Å². The van der Waals surface area contributed by atoms with Gasteiger partial charge in [0.1, 0.15) is 0 Å². The van der Waals surface area contributed by atoms with Crippen LogP contribution in [0.5, 0.6) is 0 Å². The largest absolute Gasteiger partial charge is 0.348 e. The predicted octanol–water partition coefficient (Wildman–Crippen LogP) is 5.41. The lowest BCUT2D eigenvalue weighted by Gasteiger charge is -2.35. The van der Waals surface area contributed by atoms with Gasteiger partial charge in [0, 0.05) is 42.5 Å². The van der Waals surface area contributed by atoms with Gasteiger partial charge in [0.15, 0.2) is 0 Å². The third-order valence-electron chi connectivity index (χ3n) is 5.57. The van der Waals surface area contributed by atoms with Gasteiger partial charge in [-0.3, -0.25) is 9.69 Å². The molecule has 1 aliphatic heterocycles. The zero-order valence-electron chi connectivity index (χ0n) is 18.1. The Bertz CT molecular complexity index is 1100. The lowest BCUT2D eigenvalue weighted by atomic mass is 10.1. The fraction of sp³-hybridized carbons (Fsp3) is 0.231. The van der Waals surface area contributed by atoms with E-state index in [0.29, 0.717) is 30.2 Å². The van der Waals surface area contributed by atoms with E-state index in [1.54, 1.807) is 29.2 Å². The van der Waals surface area contributed by atoms with E-state index in [1.807, 2.05) is 35.2 Å². The van der Waals surface area contributed by atoms with Gasteiger partial charge in [-0.2, -0.15) is 0 Å². The van der Waals surface area contributed by atoms with Gasteiger partial charge in [-0.15, -0.1) is 0 Å². The van der Waals surface area contributed by atoms with E-state index in [-0.39, 0.29) is 11.9 Å². The number of nitrogens with zero attached hydrogens (tertiary/aromatic N) is 2. The number of halogens is 1. The lowest BCUT2D eigenvalue weighted by Crippen LogP contribution is -2.49. The third-order valence-corrected chi connectivity index (χ3v) is 5.83. The van der Waals surface area contributed by atoms with Crippen LogP contribution < -0.4 is 10.2 Å². The number of carbonyl (C=O) groups is 2. The number of anilines is 1. The molecule has 5 nitrogen and oxygen atoms in total. The highest BCUT2D eigenvalue weighted by Gasteiger charge is 2.26.